The first-order chi connectivity index (χ1) is 15.4. The van der Waals surface area contributed by atoms with Crippen LogP contribution in [0.15, 0.2) is 11.6 Å². The Balaban J connectivity index is 1.54. The summed E-state index contributed by atoms with van der Waals surface area (Å²) in [5.74, 6) is 4.63. The molecule has 3 fully saturated rings. The topological polar surface area (TPSA) is 26.3 Å². The molecule has 2 unspecified atom stereocenters. The SMILES string of the molecule is CC(=O)OC1CC[C@@]2(C)C(CC=C3[C@@H]4CC[C@H]([C@H](C)CCCC(C)C)[C@@]4(C)CC[C@@H]32)C1(C)C. The summed E-state index contributed by atoms with van der Waals surface area (Å²) >= 11 is 0. The molecule has 3 saturated carbocycles. The molecule has 33 heavy (non-hydrogen) atoms. The molecule has 4 aliphatic carbocycles. The van der Waals surface area contributed by atoms with Crippen LogP contribution >= 0.6 is 0 Å². The van der Waals surface area contributed by atoms with Crippen molar-refractivity contribution in [2.24, 2.45) is 51.8 Å². The van der Waals surface area contributed by atoms with Crippen LogP contribution in [0.1, 0.15) is 120 Å². The molecule has 2 nitrogen and oxygen atoms in total. The largest absolute Gasteiger partial charge is 0.462 e. The van der Waals surface area contributed by atoms with E-state index in [0.29, 0.717) is 16.7 Å². The zero-order valence-corrected chi connectivity index (χ0v) is 23.0. The maximum Gasteiger partial charge on any atom is 0.302 e. The molecular weight excluding hydrogens is 404 g/mol. The molecule has 0 saturated heterocycles. The summed E-state index contributed by atoms with van der Waals surface area (Å²) < 4.78 is 5.85. The molecule has 188 valence electrons. The van der Waals surface area contributed by atoms with Crippen LogP contribution in [0, 0.1) is 51.8 Å². The van der Waals surface area contributed by atoms with Crippen LogP contribution in [0.2, 0.25) is 0 Å². The van der Waals surface area contributed by atoms with Crippen molar-refractivity contribution in [1.29, 1.82) is 0 Å². The Morgan fingerprint density at radius 2 is 1.64 bits per heavy atom. The van der Waals surface area contributed by atoms with Gasteiger partial charge in [0, 0.05) is 12.3 Å². The van der Waals surface area contributed by atoms with E-state index in [1.54, 1.807) is 6.92 Å². The van der Waals surface area contributed by atoms with Crippen molar-refractivity contribution in [2.75, 3.05) is 0 Å². The third kappa shape index (κ3) is 4.24. The van der Waals surface area contributed by atoms with E-state index in [1.165, 1.54) is 57.8 Å². The van der Waals surface area contributed by atoms with Crippen molar-refractivity contribution in [1.82, 2.24) is 0 Å². The number of carbonyl (C=O) groups excluding carboxylic acids is 1. The Kier molecular flexibility index (Phi) is 6.91. The van der Waals surface area contributed by atoms with Gasteiger partial charge in [0.15, 0.2) is 0 Å². The van der Waals surface area contributed by atoms with E-state index in [4.69, 9.17) is 4.74 Å². The number of fused-ring (bicyclic) bond motifs is 5. The van der Waals surface area contributed by atoms with E-state index in [2.05, 4.69) is 54.5 Å². The maximum atomic E-state index is 11.8. The van der Waals surface area contributed by atoms with Crippen LogP contribution in [-0.2, 0) is 9.53 Å². The zero-order chi connectivity index (χ0) is 24.2. The van der Waals surface area contributed by atoms with Crippen molar-refractivity contribution < 1.29 is 9.53 Å². The third-order valence-electron chi connectivity index (χ3n) is 11.5. The molecule has 0 aromatic rings. The van der Waals surface area contributed by atoms with Gasteiger partial charge >= 0.3 is 5.97 Å². The first-order valence-electron chi connectivity index (χ1n) is 14.3. The molecule has 0 aliphatic heterocycles. The Bertz CT molecular complexity index is 763. The highest BCUT2D eigenvalue weighted by Gasteiger charge is 2.61. The van der Waals surface area contributed by atoms with Crippen LogP contribution in [0.5, 0.6) is 0 Å². The molecule has 0 bridgehead atoms. The fourth-order valence-electron chi connectivity index (χ4n) is 9.73. The van der Waals surface area contributed by atoms with Crippen molar-refractivity contribution in [3.8, 4) is 0 Å². The second kappa shape index (κ2) is 9.02. The van der Waals surface area contributed by atoms with Gasteiger partial charge in [-0.05, 0) is 91.3 Å². The van der Waals surface area contributed by atoms with Crippen LogP contribution in [-0.4, -0.2) is 12.1 Å². The first-order valence-corrected chi connectivity index (χ1v) is 14.3. The average molecular weight is 457 g/mol. The van der Waals surface area contributed by atoms with Gasteiger partial charge in [-0.25, -0.2) is 0 Å². The van der Waals surface area contributed by atoms with Gasteiger partial charge in [0.2, 0.25) is 0 Å². The smallest absolute Gasteiger partial charge is 0.302 e. The normalized spacial score (nSPS) is 42.7. The number of allylic oxidation sites excluding steroid dienone is 2. The molecule has 4 aliphatic rings. The summed E-state index contributed by atoms with van der Waals surface area (Å²) in [6.07, 6.45) is 16.0. The molecule has 4 rings (SSSR count). The fourth-order valence-corrected chi connectivity index (χ4v) is 9.73. The van der Waals surface area contributed by atoms with E-state index in [9.17, 15) is 4.79 Å². The van der Waals surface area contributed by atoms with Gasteiger partial charge in [-0.3, -0.25) is 4.79 Å². The summed E-state index contributed by atoms with van der Waals surface area (Å²) in [4.78, 5) is 11.8. The number of hydrogen-bond acceptors (Lipinski definition) is 2. The number of rotatable bonds is 6. The molecule has 0 amide bonds. The van der Waals surface area contributed by atoms with Gasteiger partial charge in [0.25, 0.3) is 0 Å². The molecule has 0 heterocycles. The molecule has 0 aromatic carbocycles. The summed E-state index contributed by atoms with van der Waals surface area (Å²) in [5, 5.41) is 0. The molecule has 0 aromatic heterocycles. The first kappa shape index (κ1) is 25.3. The highest BCUT2D eigenvalue weighted by atomic mass is 16.5. The number of ether oxygens (including phenoxy) is 1. The Hall–Kier alpha value is -0.790. The lowest BCUT2D eigenvalue weighted by Gasteiger charge is -2.62. The second-order valence-corrected chi connectivity index (χ2v) is 14.1. The Morgan fingerprint density at radius 1 is 0.970 bits per heavy atom. The maximum absolute atomic E-state index is 11.8. The van der Waals surface area contributed by atoms with Crippen molar-refractivity contribution in [2.45, 2.75) is 126 Å². The van der Waals surface area contributed by atoms with E-state index >= 15 is 0 Å². The minimum absolute atomic E-state index is 0.0462. The molecule has 2 heteroatoms. The predicted molar refractivity (Wildman–Crippen MR) is 138 cm³/mol. The Labute approximate surface area is 204 Å². The Morgan fingerprint density at radius 3 is 2.30 bits per heavy atom. The minimum atomic E-state index is -0.114. The van der Waals surface area contributed by atoms with Crippen LogP contribution in [0.25, 0.3) is 0 Å². The van der Waals surface area contributed by atoms with Gasteiger partial charge in [-0.1, -0.05) is 79.4 Å². The summed E-state index contributed by atoms with van der Waals surface area (Å²) in [6.45, 7) is 18.9. The van der Waals surface area contributed by atoms with Gasteiger partial charge < -0.3 is 4.74 Å². The predicted octanol–water partition coefficient (Wildman–Crippen LogP) is 8.60. The van der Waals surface area contributed by atoms with Gasteiger partial charge in [0.1, 0.15) is 6.10 Å². The lowest BCUT2D eigenvalue weighted by molar-refractivity contribution is -0.173. The van der Waals surface area contributed by atoms with Crippen LogP contribution < -0.4 is 0 Å². The zero-order valence-electron chi connectivity index (χ0n) is 23.0. The average Bonchev–Trinajstić information content (AvgIpc) is 3.07. The van der Waals surface area contributed by atoms with E-state index in [-0.39, 0.29) is 17.5 Å². The highest BCUT2D eigenvalue weighted by molar-refractivity contribution is 5.66. The van der Waals surface area contributed by atoms with Gasteiger partial charge in [-0.2, -0.15) is 0 Å². The number of esters is 1. The summed E-state index contributed by atoms with van der Waals surface area (Å²) in [6, 6.07) is 0. The van der Waals surface area contributed by atoms with Gasteiger partial charge in [-0.15, -0.1) is 0 Å². The second-order valence-electron chi connectivity index (χ2n) is 14.1. The molecular formula is C31H52O2. The summed E-state index contributed by atoms with van der Waals surface area (Å²) in [5.41, 5.74) is 2.76. The van der Waals surface area contributed by atoms with E-state index in [1.807, 2.05) is 5.57 Å². The van der Waals surface area contributed by atoms with E-state index < -0.39 is 0 Å². The fraction of sp³-hybridized carbons (Fsp3) is 0.903. The van der Waals surface area contributed by atoms with Crippen molar-refractivity contribution in [3.05, 3.63) is 11.6 Å². The highest BCUT2D eigenvalue weighted by Crippen LogP contribution is 2.69. The number of carbonyl (C=O) groups is 1. The van der Waals surface area contributed by atoms with Gasteiger partial charge in [0.05, 0.1) is 0 Å². The monoisotopic (exact) mass is 456 g/mol. The van der Waals surface area contributed by atoms with Crippen LogP contribution in [0.3, 0.4) is 0 Å². The number of hydrogen-bond donors (Lipinski definition) is 0. The lowest BCUT2D eigenvalue weighted by atomic mass is 9.43. The molecule has 0 spiro atoms. The molecule has 0 radical (unpaired) electrons. The standard InChI is InChI=1S/C31H52O2/c1-20(2)10-9-11-21(3)24-13-14-25-23-12-15-27-29(5,6)28(33-22(4)32)17-19-31(27,8)26(23)16-18-30(24,25)7/h12,20-21,24-28H,9-11,13-19H2,1-8H3/t21-,24-,25+,26+,27?,28?,30-,31-/m1/s1. The summed E-state index contributed by atoms with van der Waals surface area (Å²) in [7, 11) is 0. The lowest BCUT2D eigenvalue weighted by Crippen LogP contribution is -2.57. The quantitative estimate of drug-likeness (QED) is 0.295. The van der Waals surface area contributed by atoms with Crippen molar-refractivity contribution in [3.63, 3.8) is 0 Å². The molecule has 0 N–H and O–H groups in total. The molecule has 8 atom stereocenters. The van der Waals surface area contributed by atoms with Crippen molar-refractivity contribution >= 4 is 5.97 Å². The van der Waals surface area contributed by atoms with E-state index in [0.717, 1.165) is 36.0 Å². The minimum Gasteiger partial charge on any atom is -0.462 e. The third-order valence-corrected chi connectivity index (χ3v) is 11.5. The van der Waals surface area contributed by atoms with Crippen LogP contribution in [0.4, 0.5) is 0 Å².